The number of allylic oxidation sites excluding steroid dienone is 1. The van der Waals surface area contributed by atoms with Crippen LogP contribution in [0.1, 0.15) is 58.4 Å². The first-order valence-corrected chi connectivity index (χ1v) is 10.7. The monoisotopic (exact) mass is 376 g/mol. The van der Waals surface area contributed by atoms with Gasteiger partial charge in [-0.2, -0.15) is 0 Å². The summed E-state index contributed by atoms with van der Waals surface area (Å²) in [5.74, 6) is 0. The van der Waals surface area contributed by atoms with Crippen LogP contribution in [0.5, 0.6) is 0 Å². The minimum atomic E-state index is 0.470. The lowest BCUT2D eigenvalue weighted by atomic mass is 9.98. The molecule has 0 amide bonds. The van der Waals surface area contributed by atoms with Crippen molar-refractivity contribution in [1.29, 1.82) is 0 Å². The lowest BCUT2D eigenvalue weighted by molar-refractivity contribution is 0.564. The van der Waals surface area contributed by atoms with Gasteiger partial charge in [0.05, 0.1) is 0 Å². The molecule has 2 nitrogen and oxygen atoms in total. The van der Waals surface area contributed by atoms with Gasteiger partial charge in [0.1, 0.15) is 0 Å². The molecule has 0 aliphatic carbocycles. The second-order valence-corrected chi connectivity index (χ2v) is 7.42. The maximum absolute atomic E-state index is 6.05. The molecule has 1 unspecified atom stereocenters. The molecule has 2 heteroatoms. The van der Waals surface area contributed by atoms with Crippen molar-refractivity contribution < 1.29 is 0 Å². The van der Waals surface area contributed by atoms with Crippen molar-refractivity contribution in [1.82, 2.24) is 0 Å². The van der Waals surface area contributed by atoms with Gasteiger partial charge in [0.2, 0.25) is 0 Å². The van der Waals surface area contributed by atoms with E-state index in [1.165, 1.54) is 48.8 Å². The normalized spacial score (nSPS) is 13.5. The highest BCUT2D eigenvalue weighted by Crippen LogP contribution is 2.22. The maximum atomic E-state index is 6.05. The molecule has 2 rings (SSSR count). The van der Waals surface area contributed by atoms with Crippen LogP contribution in [0.25, 0.3) is 23.4 Å². The maximum Gasteiger partial charge on any atom is 0.0442 e. The van der Waals surface area contributed by atoms with E-state index in [9.17, 15) is 0 Å². The zero-order valence-corrected chi connectivity index (χ0v) is 17.8. The molecule has 2 aromatic carbocycles. The van der Waals surface area contributed by atoms with Gasteiger partial charge in [-0.3, -0.25) is 0 Å². The molecule has 0 radical (unpaired) electrons. The first kappa shape index (κ1) is 21.8. The standard InChI is InChI=1S/C26H36N2/c1-5-9-15-24(12-7-3)28-26-18-23(17-22(11-6-2)25(26)19-27)21-14-10-13-20(8-4)16-21/h6,10-11,13-14,16-19,24,28H,2,5,7-9,12,15,27H2,1,3-4H3/b22-11-,25-19+. The number of unbranched alkanes of at least 4 members (excludes halogenated alkanes) is 1. The average molecular weight is 377 g/mol. The summed E-state index contributed by atoms with van der Waals surface area (Å²) in [5, 5.41) is 5.96. The van der Waals surface area contributed by atoms with E-state index in [1.807, 2.05) is 12.2 Å². The van der Waals surface area contributed by atoms with Gasteiger partial charge in [-0.1, -0.05) is 83.0 Å². The van der Waals surface area contributed by atoms with Gasteiger partial charge in [0.25, 0.3) is 0 Å². The van der Waals surface area contributed by atoms with Gasteiger partial charge in [0.15, 0.2) is 0 Å². The van der Waals surface area contributed by atoms with E-state index >= 15 is 0 Å². The molecule has 3 N–H and O–H groups in total. The first-order valence-electron chi connectivity index (χ1n) is 10.7. The molecule has 0 saturated heterocycles. The van der Waals surface area contributed by atoms with Crippen molar-refractivity contribution in [2.24, 2.45) is 5.73 Å². The van der Waals surface area contributed by atoms with Crippen LogP contribution in [0, 0.1) is 0 Å². The van der Waals surface area contributed by atoms with Crippen molar-refractivity contribution in [3.05, 3.63) is 65.1 Å². The van der Waals surface area contributed by atoms with E-state index in [1.54, 1.807) is 6.20 Å². The molecule has 0 heterocycles. The van der Waals surface area contributed by atoms with Crippen LogP contribution in [0.3, 0.4) is 0 Å². The Kier molecular flexibility index (Phi) is 8.87. The smallest absolute Gasteiger partial charge is 0.0442 e. The Balaban J connectivity index is 2.57. The topological polar surface area (TPSA) is 38.0 Å². The molecule has 150 valence electrons. The summed E-state index contributed by atoms with van der Waals surface area (Å²) < 4.78 is 0. The number of benzene rings is 2. The molecular formula is C26H36N2. The van der Waals surface area contributed by atoms with Crippen molar-refractivity contribution in [3.63, 3.8) is 0 Å². The third kappa shape index (κ3) is 5.76. The fraction of sp³-hybridized carbons (Fsp3) is 0.385. The van der Waals surface area contributed by atoms with E-state index < -0.39 is 0 Å². The van der Waals surface area contributed by atoms with Crippen LogP contribution in [0.4, 0.5) is 5.69 Å². The van der Waals surface area contributed by atoms with Gasteiger partial charge in [-0.25, -0.2) is 0 Å². The second-order valence-electron chi connectivity index (χ2n) is 7.42. The lowest BCUT2D eigenvalue weighted by Crippen LogP contribution is -2.32. The van der Waals surface area contributed by atoms with Gasteiger partial charge >= 0.3 is 0 Å². The Bertz CT molecular complexity index is 880. The fourth-order valence-corrected chi connectivity index (χ4v) is 3.69. The highest BCUT2D eigenvalue weighted by atomic mass is 14.9. The zero-order valence-electron chi connectivity index (χ0n) is 17.8. The van der Waals surface area contributed by atoms with Crippen LogP contribution >= 0.6 is 0 Å². The van der Waals surface area contributed by atoms with E-state index in [0.717, 1.165) is 22.5 Å². The summed E-state index contributed by atoms with van der Waals surface area (Å²) in [5.41, 5.74) is 11.0. The number of aryl methyl sites for hydroxylation is 1. The molecule has 0 aliphatic heterocycles. The van der Waals surface area contributed by atoms with Crippen LogP contribution in [0.15, 0.2) is 49.1 Å². The molecule has 0 fully saturated rings. The van der Waals surface area contributed by atoms with Gasteiger partial charge in [-0.15, -0.1) is 0 Å². The van der Waals surface area contributed by atoms with E-state index in [-0.39, 0.29) is 0 Å². The van der Waals surface area contributed by atoms with Crippen LogP contribution in [0.2, 0.25) is 0 Å². The zero-order chi connectivity index (χ0) is 20.4. The Hall–Kier alpha value is -2.48. The third-order valence-electron chi connectivity index (χ3n) is 5.25. The molecule has 0 bridgehead atoms. The number of hydrogen-bond donors (Lipinski definition) is 2. The second kappa shape index (κ2) is 11.4. The Labute approximate surface area is 170 Å². The number of rotatable bonds is 10. The molecule has 2 aromatic rings. The summed E-state index contributed by atoms with van der Waals surface area (Å²) in [6, 6.07) is 13.7. The number of hydrogen-bond acceptors (Lipinski definition) is 2. The molecule has 0 aliphatic rings. The minimum absolute atomic E-state index is 0.470. The summed E-state index contributed by atoms with van der Waals surface area (Å²) in [6.07, 6.45) is 12.6. The van der Waals surface area contributed by atoms with Crippen molar-refractivity contribution in [2.45, 2.75) is 65.3 Å². The number of nitrogens with one attached hydrogen (secondary N) is 1. The molecule has 28 heavy (non-hydrogen) atoms. The first-order chi connectivity index (χ1) is 13.7. The molecule has 0 spiro atoms. The van der Waals surface area contributed by atoms with Crippen LogP contribution < -0.4 is 21.5 Å². The van der Waals surface area contributed by atoms with E-state index in [4.69, 9.17) is 5.73 Å². The SMILES string of the molecule is C=C/C=c1/cc(-c2cccc(CC)c2)cc(NC(CCC)CCCC)/c1=C/N. The van der Waals surface area contributed by atoms with Crippen LogP contribution in [-0.4, -0.2) is 6.04 Å². The van der Waals surface area contributed by atoms with Crippen molar-refractivity contribution in [3.8, 4) is 11.1 Å². The Morgan fingerprint density at radius 3 is 2.50 bits per heavy atom. The van der Waals surface area contributed by atoms with Gasteiger partial charge in [-0.05, 0) is 53.3 Å². The molecule has 0 saturated carbocycles. The average Bonchev–Trinajstić information content (AvgIpc) is 2.72. The summed E-state index contributed by atoms with van der Waals surface area (Å²) in [6.45, 7) is 10.6. The predicted octanol–water partition coefficient (Wildman–Crippen LogP) is 5.35. The third-order valence-corrected chi connectivity index (χ3v) is 5.25. The quantitative estimate of drug-likeness (QED) is 0.586. The van der Waals surface area contributed by atoms with Crippen molar-refractivity contribution >= 4 is 18.0 Å². The van der Waals surface area contributed by atoms with Crippen LogP contribution in [-0.2, 0) is 6.42 Å². The minimum Gasteiger partial charge on any atom is -0.404 e. The summed E-state index contributed by atoms with van der Waals surface area (Å²) in [4.78, 5) is 0. The fourth-order valence-electron chi connectivity index (χ4n) is 3.69. The highest BCUT2D eigenvalue weighted by Gasteiger charge is 2.10. The van der Waals surface area contributed by atoms with E-state index in [0.29, 0.717) is 6.04 Å². The van der Waals surface area contributed by atoms with Crippen molar-refractivity contribution in [2.75, 3.05) is 5.32 Å². The number of anilines is 1. The predicted molar refractivity (Wildman–Crippen MR) is 126 cm³/mol. The lowest BCUT2D eigenvalue weighted by Gasteiger charge is -2.21. The Morgan fingerprint density at radius 1 is 1.04 bits per heavy atom. The molecular weight excluding hydrogens is 340 g/mol. The Morgan fingerprint density at radius 2 is 1.86 bits per heavy atom. The van der Waals surface area contributed by atoms with E-state index in [2.05, 4.69) is 69.1 Å². The van der Waals surface area contributed by atoms with Gasteiger partial charge < -0.3 is 11.1 Å². The molecule has 0 aromatic heterocycles. The largest absolute Gasteiger partial charge is 0.404 e. The summed E-state index contributed by atoms with van der Waals surface area (Å²) in [7, 11) is 0. The highest BCUT2D eigenvalue weighted by molar-refractivity contribution is 5.70. The number of nitrogens with two attached hydrogens (primary N) is 1. The summed E-state index contributed by atoms with van der Waals surface area (Å²) >= 11 is 0. The van der Waals surface area contributed by atoms with Gasteiger partial charge in [0, 0.05) is 23.1 Å². The molecule has 1 atom stereocenters.